The van der Waals surface area contributed by atoms with Gasteiger partial charge in [0.2, 0.25) is 0 Å². The van der Waals surface area contributed by atoms with E-state index in [1.807, 2.05) is 18.2 Å². The lowest BCUT2D eigenvalue weighted by molar-refractivity contribution is 0.0448. The zero-order valence-electron chi connectivity index (χ0n) is 17.4. The largest absolute Gasteiger partial charge is 0.381 e. The van der Waals surface area contributed by atoms with Gasteiger partial charge in [0.05, 0.1) is 6.54 Å². The molecule has 1 spiro atoms. The number of para-hydroxylation sites is 1. The van der Waals surface area contributed by atoms with E-state index in [1.165, 1.54) is 16.8 Å². The topological polar surface area (TPSA) is 36.9 Å². The van der Waals surface area contributed by atoms with Crippen LogP contribution in [-0.2, 0) is 24.1 Å². The van der Waals surface area contributed by atoms with E-state index in [9.17, 15) is 0 Å². The van der Waals surface area contributed by atoms with Crippen LogP contribution in [0.4, 0.5) is 5.69 Å². The molecule has 0 aliphatic carbocycles. The van der Waals surface area contributed by atoms with Crippen LogP contribution >= 0.6 is 11.6 Å². The fourth-order valence-corrected chi connectivity index (χ4v) is 4.61. The predicted molar refractivity (Wildman–Crippen MR) is 121 cm³/mol. The van der Waals surface area contributed by atoms with Crippen LogP contribution in [0.25, 0.3) is 0 Å². The standard InChI is InChI=1S/C24H30ClN3O/c1-28(2)12-9-19-6-4-7-20-16-24(10-13-29-14-11-24)23(27-22(19)20)26-17-18-5-3-8-21(25)15-18/h3-8,15H,9-14,16-17H2,1-2H3,(H,26,27). The molecule has 2 aromatic rings. The van der Waals surface area contributed by atoms with Crippen molar-refractivity contribution < 1.29 is 4.74 Å². The lowest BCUT2D eigenvalue weighted by Gasteiger charge is -2.43. The number of ether oxygens (including phenoxy) is 1. The monoisotopic (exact) mass is 411 g/mol. The number of halogens is 1. The Morgan fingerprint density at radius 2 is 1.93 bits per heavy atom. The number of nitrogens with zero attached hydrogens (tertiary/aromatic N) is 2. The van der Waals surface area contributed by atoms with Crippen molar-refractivity contribution in [3.05, 3.63) is 64.2 Å². The van der Waals surface area contributed by atoms with E-state index >= 15 is 0 Å². The summed E-state index contributed by atoms with van der Waals surface area (Å²) in [7, 11) is 4.25. The number of hydrogen-bond donors (Lipinski definition) is 1. The van der Waals surface area contributed by atoms with Gasteiger partial charge in [0, 0.05) is 35.9 Å². The van der Waals surface area contributed by atoms with E-state index in [0.717, 1.165) is 61.9 Å². The van der Waals surface area contributed by atoms with Gasteiger partial charge in [0.1, 0.15) is 5.84 Å². The molecule has 0 unspecified atom stereocenters. The van der Waals surface area contributed by atoms with E-state index in [0.29, 0.717) is 6.54 Å². The van der Waals surface area contributed by atoms with Gasteiger partial charge in [0.15, 0.2) is 0 Å². The van der Waals surface area contributed by atoms with Gasteiger partial charge in [-0.25, -0.2) is 0 Å². The summed E-state index contributed by atoms with van der Waals surface area (Å²) in [5, 5.41) is 4.54. The van der Waals surface area contributed by atoms with Gasteiger partial charge in [-0.05, 0) is 68.6 Å². The molecular formula is C24H30ClN3O. The number of rotatable bonds is 5. The summed E-state index contributed by atoms with van der Waals surface area (Å²) in [6.45, 7) is 3.27. The first-order valence-electron chi connectivity index (χ1n) is 10.5. The average Bonchev–Trinajstić information content (AvgIpc) is 2.71. The minimum atomic E-state index is 0.0456. The second kappa shape index (κ2) is 8.86. The molecule has 1 saturated heterocycles. The Morgan fingerprint density at radius 3 is 2.69 bits per heavy atom. The highest BCUT2D eigenvalue weighted by Crippen LogP contribution is 2.43. The van der Waals surface area contributed by atoms with Crippen molar-refractivity contribution in [2.24, 2.45) is 10.4 Å². The zero-order chi connectivity index (χ0) is 20.3. The summed E-state index contributed by atoms with van der Waals surface area (Å²) in [6.07, 6.45) is 4.08. The van der Waals surface area contributed by atoms with Crippen LogP contribution in [0, 0.1) is 5.41 Å². The molecule has 2 aliphatic heterocycles. The molecule has 154 valence electrons. The molecule has 5 heteroatoms. The summed E-state index contributed by atoms with van der Waals surface area (Å²) in [5.74, 6) is 1.12. The smallest absolute Gasteiger partial charge is 0.108 e. The van der Waals surface area contributed by atoms with Crippen LogP contribution in [0.15, 0.2) is 47.5 Å². The SMILES string of the molecule is CN(C)CCc1cccc2c1NC(=NCc1cccc(Cl)c1)C1(CCOCC1)C2. The van der Waals surface area contributed by atoms with Crippen LogP contribution in [0.3, 0.4) is 0 Å². The molecular weight excluding hydrogens is 382 g/mol. The highest BCUT2D eigenvalue weighted by Gasteiger charge is 2.42. The highest BCUT2D eigenvalue weighted by atomic mass is 35.5. The average molecular weight is 412 g/mol. The first kappa shape index (κ1) is 20.4. The third-order valence-electron chi connectivity index (χ3n) is 6.10. The molecule has 29 heavy (non-hydrogen) atoms. The second-order valence-corrected chi connectivity index (χ2v) is 8.93. The minimum Gasteiger partial charge on any atom is -0.381 e. The maximum atomic E-state index is 6.17. The Kier molecular flexibility index (Phi) is 6.23. The van der Waals surface area contributed by atoms with Crippen LogP contribution < -0.4 is 5.32 Å². The number of anilines is 1. The van der Waals surface area contributed by atoms with E-state index < -0.39 is 0 Å². The molecule has 0 radical (unpaired) electrons. The Balaban J connectivity index is 1.66. The molecule has 2 aliphatic rings. The fourth-order valence-electron chi connectivity index (χ4n) is 4.40. The molecule has 2 aromatic carbocycles. The number of aliphatic imine (C=N–C) groups is 1. The number of likely N-dealkylation sites (N-methyl/N-ethyl adjacent to an activating group) is 1. The van der Waals surface area contributed by atoms with Crippen molar-refractivity contribution in [1.82, 2.24) is 4.90 Å². The Morgan fingerprint density at radius 1 is 1.14 bits per heavy atom. The first-order chi connectivity index (χ1) is 14.1. The van der Waals surface area contributed by atoms with Gasteiger partial charge in [-0.1, -0.05) is 41.9 Å². The van der Waals surface area contributed by atoms with Gasteiger partial charge < -0.3 is 15.0 Å². The summed E-state index contributed by atoms with van der Waals surface area (Å²) in [6, 6.07) is 14.7. The van der Waals surface area contributed by atoms with Crippen molar-refractivity contribution >= 4 is 23.1 Å². The van der Waals surface area contributed by atoms with Gasteiger partial charge >= 0.3 is 0 Å². The predicted octanol–water partition coefficient (Wildman–Crippen LogP) is 4.81. The van der Waals surface area contributed by atoms with E-state index in [4.69, 9.17) is 21.3 Å². The van der Waals surface area contributed by atoms with Gasteiger partial charge in [0.25, 0.3) is 0 Å². The van der Waals surface area contributed by atoms with E-state index in [1.54, 1.807) is 0 Å². The molecule has 0 saturated carbocycles. The number of benzene rings is 2. The quantitative estimate of drug-likeness (QED) is 0.767. The third kappa shape index (κ3) is 4.66. The van der Waals surface area contributed by atoms with Crippen molar-refractivity contribution in [3.63, 3.8) is 0 Å². The van der Waals surface area contributed by atoms with Crippen LogP contribution in [0.2, 0.25) is 5.02 Å². The number of nitrogens with one attached hydrogen (secondary N) is 1. The highest BCUT2D eigenvalue weighted by molar-refractivity contribution is 6.30. The molecule has 4 nitrogen and oxygen atoms in total. The molecule has 0 aromatic heterocycles. The minimum absolute atomic E-state index is 0.0456. The van der Waals surface area contributed by atoms with Crippen molar-refractivity contribution in [2.45, 2.75) is 32.2 Å². The van der Waals surface area contributed by atoms with Crippen molar-refractivity contribution in [3.8, 4) is 0 Å². The van der Waals surface area contributed by atoms with Gasteiger partial charge in [-0.15, -0.1) is 0 Å². The number of hydrogen-bond acceptors (Lipinski definition) is 3. The second-order valence-electron chi connectivity index (χ2n) is 8.49. The molecule has 4 rings (SSSR count). The van der Waals surface area contributed by atoms with Crippen molar-refractivity contribution in [2.75, 3.05) is 39.2 Å². The maximum absolute atomic E-state index is 6.17. The van der Waals surface area contributed by atoms with Gasteiger partial charge in [-0.3, -0.25) is 4.99 Å². The number of amidine groups is 1. The third-order valence-corrected chi connectivity index (χ3v) is 6.33. The van der Waals surface area contributed by atoms with E-state index in [2.05, 4.69) is 48.6 Å². The number of fused-ring (bicyclic) bond motifs is 1. The van der Waals surface area contributed by atoms with Crippen LogP contribution in [0.1, 0.15) is 29.5 Å². The zero-order valence-corrected chi connectivity index (χ0v) is 18.1. The summed E-state index contributed by atoms with van der Waals surface area (Å²) < 4.78 is 5.69. The van der Waals surface area contributed by atoms with Gasteiger partial charge in [-0.2, -0.15) is 0 Å². The normalized spacial score (nSPS) is 19.4. The maximum Gasteiger partial charge on any atom is 0.108 e. The molecule has 1 N–H and O–H groups in total. The Hall–Kier alpha value is -1.88. The Bertz CT molecular complexity index is 887. The molecule has 2 heterocycles. The molecule has 1 fully saturated rings. The molecule has 0 amide bonds. The van der Waals surface area contributed by atoms with Crippen LogP contribution in [0.5, 0.6) is 0 Å². The summed E-state index contributed by atoms with van der Waals surface area (Å²) >= 11 is 6.17. The van der Waals surface area contributed by atoms with Crippen LogP contribution in [-0.4, -0.2) is 44.6 Å². The first-order valence-corrected chi connectivity index (χ1v) is 10.8. The fraction of sp³-hybridized carbons (Fsp3) is 0.458. The molecule has 0 atom stereocenters. The van der Waals surface area contributed by atoms with E-state index in [-0.39, 0.29) is 5.41 Å². The lowest BCUT2D eigenvalue weighted by Crippen LogP contribution is -2.46. The van der Waals surface area contributed by atoms with Crippen molar-refractivity contribution in [1.29, 1.82) is 0 Å². The summed E-state index contributed by atoms with van der Waals surface area (Å²) in [5.41, 5.74) is 5.22. The summed E-state index contributed by atoms with van der Waals surface area (Å²) in [4.78, 5) is 7.32. The Labute approximate surface area is 178 Å². The molecule has 0 bridgehead atoms. The lowest BCUT2D eigenvalue weighted by atomic mass is 9.71.